The Bertz CT molecular complexity index is 1180. The van der Waals surface area contributed by atoms with E-state index in [9.17, 15) is 17.6 Å². The molecule has 3 rings (SSSR count). The molecule has 0 spiro atoms. The molecule has 3 aromatic rings. The van der Waals surface area contributed by atoms with Crippen LogP contribution in [0.2, 0.25) is 0 Å². The average Bonchev–Trinajstić information content (AvgIpc) is 2.70. The summed E-state index contributed by atoms with van der Waals surface area (Å²) in [6, 6.07) is 13.2. The van der Waals surface area contributed by atoms with E-state index in [1.807, 2.05) is 12.1 Å². The summed E-state index contributed by atoms with van der Waals surface area (Å²) >= 11 is 0. The molecule has 0 atom stereocenters. The van der Waals surface area contributed by atoms with E-state index < -0.39 is 10.0 Å². The Labute approximate surface area is 174 Å². The maximum Gasteiger partial charge on any atom is 0.254 e. The van der Waals surface area contributed by atoms with Crippen LogP contribution < -0.4 is 10.0 Å². The highest BCUT2D eigenvalue weighted by atomic mass is 32.2. The van der Waals surface area contributed by atoms with Crippen LogP contribution in [-0.2, 0) is 23.1 Å². The summed E-state index contributed by atoms with van der Waals surface area (Å²) < 4.78 is 38.3. The molecular weight excluding hydrogens is 407 g/mol. The number of amides is 1. The molecule has 0 saturated carbocycles. The lowest BCUT2D eigenvalue weighted by Crippen LogP contribution is -2.24. The number of carbonyl (C=O) groups excluding carboxylic acids is 1. The van der Waals surface area contributed by atoms with E-state index in [0.29, 0.717) is 22.6 Å². The topological polar surface area (TPSA) is 101 Å². The highest BCUT2D eigenvalue weighted by Crippen LogP contribution is 2.17. The van der Waals surface area contributed by atoms with Gasteiger partial charge in [-0.25, -0.2) is 27.5 Å². The fourth-order valence-electron chi connectivity index (χ4n) is 2.80. The summed E-state index contributed by atoms with van der Waals surface area (Å²) in [6.07, 6.45) is 2.52. The van der Waals surface area contributed by atoms with Crippen molar-refractivity contribution in [1.82, 2.24) is 20.0 Å². The molecule has 2 N–H and O–H groups in total. The maximum absolute atomic E-state index is 13.4. The third-order valence-corrected chi connectivity index (χ3v) is 4.96. The average molecular weight is 428 g/mol. The van der Waals surface area contributed by atoms with Crippen LogP contribution in [0.5, 0.6) is 0 Å². The van der Waals surface area contributed by atoms with E-state index in [4.69, 9.17) is 0 Å². The summed E-state index contributed by atoms with van der Waals surface area (Å²) in [5, 5.41) is 2.81. The zero-order chi connectivity index (χ0) is 21.7. The summed E-state index contributed by atoms with van der Waals surface area (Å²) in [6.45, 7) is 2.13. The van der Waals surface area contributed by atoms with Gasteiger partial charge in [0.15, 0.2) is 5.82 Å². The van der Waals surface area contributed by atoms with Gasteiger partial charge in [-0.3, -0.25) is 4.79 Å². The van der Waals surface area contributed by atoms with Gasteiger partial charge in [-0.1, -0.05) is 36.4 Å². The zero-order valence-electron chi connectivity index (χ0n) is 16.5. The van der Waals surface area contributed by atoms with Crippen molar-refractivity contribution in [2.75, 3.05) is 6.26 Å². The van der Waals surface area contributed by atoms with Gasteiger partial charge in [-0.05, 0) is 30.2 Å². The number of nitrogens with one attached hydrogen (secondary N) is 2. The number of sulfonamides is 1. The first-order valence-electron chi connectivity index (χ1n) is 9.11. The van der Waals surface area contributed by atoms with Gasteiger partial charge in [0.2, 0.25) is 10.0 Å². The Morgan fingerprint density at radius 1 is 1.07 bits per heavy atom. The SMILES string of the molecule is Cc1nc(-c2cccc(F)c2)ncc1C(=O)NCc1cccc(CNS(C)(=O)=O)c1. The molecule has 0 bridgehead atoms. The van der Waals surface area contributed by atoms with Crippen LogP contribution in [0.4, 0.5) is 4.39 Å². The molecule has 0 saturated heterocycles. The predicted octanol–water partition coefficient (Wildman–Crippen LogP) is 2.57. The number of aromatic nitrogens is 2. The summed E-state index contributed by atoms with van der Waals surface area (Å²) in [4.78, 5) is 21.0. The number of aryl methyl sites for hydroxylation is 1. The Morgan fingerprint density at radius 3 is 2.43 bits per heavy atom. The molecule has 1 heterocycles. The molecule has 9 heteroatoms. The van der Waals surface area contributed by atoms with Gasteiger partial charge in [0.1, 0.15) is 5.82 Å². The molecule has 0 unspecified atom stereocenters. The lowest BCUT2D eigenvalue weighted by atomic mass is 10.1. The first-order chi connectivity index (χ1) is 14.2. The van der Waals surface area contributed by atoms with Crippen LogP contribution in [0.15, 0.2) is 54.7 Å². The van der Waals surface area contributed by atoms with Gasteiger partial charge in [0, 0.05) is 24.8 Å². The number of carbonyl (C=O) groups is 1. The minimum Gasteiger partial charge on any atom is -0.348 e. The van der Waals surface area contributed by atoms with Gasteiger partial charge in [-0.15, -0.1) is 0 Å². The van der Waals surface area contributed by atoms with Gasteiger partial charge in [0.05, 0.1) is 17.5 Å². The third kappa shape index (κ3) is 5.91. The molecule has 0 radical (unpaired) electrons. The molecule has 1 amide bonds. The Kier molecular flexibility index (Phi) is 6.53. The molecule has 30 heavy (non-hydrogen) atoms. The fourth-order valence-corrected chi connectivity index (χ4v) is 3.23. The van der Waals surface area contributed by atoms with Crippen LogP contribution >= 0.6 is 0 Å². The van der Waals surface area contributed by atoms with Crippen molar-refractivity contribution >= 4 is 15.9 Å². The normalized spacial score (nSPS) is 11.3. The van der Waals surface area contributed by atoms with Crippen molar-refractivity contribution in [2.24, 2.45) is 0 Å². The van der Waals surface area contributed by atoms with Crippen LogP contribution in [0.3, 0.4) is 0 Å². The smallest absolute Gasteiger partial charge is 0.254 e. The van der Waals surface area contributed by atoms with E-state index in [-0.39, 0.29) is 24.8 Å². The van der Waals surface area contributed by atoms with Crippen molar-refractivity contribution in [3.05, 3.63) is 82.9 Å². The molecular formula is C21H21FN4O3S. The zero-order valence-corrected chi connectivity index (χ0v) is 17.3. The van der Waals surface area contributed by atoms with Crippen molar-refractivity contribution in [3.63, 3.8) is 0 Å². The van der Waals surface area contributed by atoms with Crippen LogP contribution in [-0.4, -0.2) is 30.5 Å². The van der Waals surface area contributed by atoms with Crippen molar-refractivity contribution in [1.29, 1.82) is 0 Å². The first kappa shape index (κ1) is 21.5. The number of halogens is 1. The second-order valence-corrected chi connectivity index (χ2v) is 8.63. The van der Waals surface area contributed by atoms with Crippen molar-refractivity contribution < 1.29 is 17.6 Å². The molecule has 2 aromatic carbocycles. The van der Waals surface area contributed by atoms with E-state index in [1.165, 1.54) is 18.3 Å². The van der Waals surface area contributed by atoms with Crippen molar-refractivity contribution in [3.8, 4) is 11.4 Å². The molecule has 1 aromatic heterocycles. The second-order valence-electron chi connectivity index (χ2n) is 6.80. The van der Waals surface area contributed by atoms with E-state index in [0.717, 1.165) is 17.4 Å². The number of hydrogen-bond donors (Lipinski definition) is 2. The molecule has 7 nitrogen and oxygen atoms in total. The number of rotatable bonds is 7. The number of hydrogen-bond acceptors (Lipinski definition) is 5. The van der Waals surface area contributed by atoms with Crippen LogP contribution in [0, 0.1) is 12.7 Å². The summed E-state index contributed by atoms with van der Waals surface area (Å²) in [7, 11) is -3.28. The first-order valence-corrected chi connectivity index (χ1v) is 11.0. The van der Waals surface area contributed by atoms with E-state index in [1.54, 1.807) is 31.2 Å². The van der Waals surface area contributed by atoms with Gasteiger partial charge in [-0.2, -0.15) is 0 Å². The monoisotopic (exact) mass is 428 g/mol. The highest BCUT2D eigenvalue weighted by molar-refractivity contribution is 7.88. The third-order valence-electron chi connectivity index (χ3n) is 4.29. The van der Waals surface area contributed by atoms with E-state index >= 15 is 0 Å². The maximum atomic E-state index is 13.4. The number of benzene rings is 2. The minimum atomic E-state index is -3.28. The molecule has 156 valence electrons. The van der Waals surface area contributed by atoms with Crippen LogP contribution in [0.25, 0.3) is 11.4 Å². The van der Waals surface area contributed by atoms with Gasteiger partial charge >= 0.3 is 0 Å². The largest absolute Gasteiger partial charge is 0.348 e. The van der Waals surface area contributed by atoms with Crippen molar-refractivity contribution in [2.45, 2.75) is 20.0 Å². The van der Waals surface area contributed by atoms with Crippen LogP contribution in [0.1, 0.15) is 27.2 Å². The second kappa shape index (κ2) is 9.10. The standard InChI is InChI=1S/C21H21FN4O3S/c1-14-19(13-23-20(26-14)17-7-4-8-18(22)10-17)21(27)24-11-15-5-3-6-16(9-15)12-25-30(2,28)29/h3-10,13,25H,11-12H2,1-2H3,(H,24,27). The fraction of sp³-hybridized carbons (Fsp3) is 0.190. The molecule has 0 aliphatic rings. The molecule has 0 fully saturated rings. The minimum absolute atomic E-state index is 0.176. The lowest BCUT2D eigenvalue weighted by molar-refractivity contribution is 0.0949. The van der Waals surface area contributed by atoms with Gasteiger partial charge < -0.3 is 5.32 Å². The summed E-state index contributed by atoms with van der Waals surface area (Å²) in [5.74, 6) is -0.378. The highest BCUT2D eigenvalue weighted by Gasteiger charge is 2.13. The lowest BCUT2D eigenvalue weighted by Gasteiger charge is -2.10. The Morgan fingerprint density at radius 2 is 1.77 bits per heavy atom. The van der Waals surface area contributed by atoms with Gasteiger partial charge in [0.25, 0.3) is 5.91 Å². The Hall–Kier alpha value is -3.17. The quantitative estimate of drug-likeness (QED) is 0.602. The number of nitrogens with zero attached hydrogens (tertiary/aromatic N) is 2. The predicted molar refractivity (Wildman–Crippen MR) is 111 cm³/mol. The molecule has 0 aliphatic heterocycles. The summed E-state index contributed by atoms with van der Waals surface area (Å²) in [5.41, 5.74) is 2.94. The Balaban J connectivity index is 1.66. The molecule has 0 aliphatic carbocycles. The van der Waals surface area contributed by atoms with E-state index in [2.05, 4.69) is 20.0 Å².